The number of aliphatic carboxylic acids is 1. The van der Waals surface area contributed by atoms with Crippen molar-refractivity contribution in [3.8, 4) is 22.4 Å². The predicted octanol–water partition coefficient (Wildman–Crippen LogP) is 5.91. The number of ether oxygens (including phenoxy) is 1. The van der Waals surface area contributed by atoms with E-state index in [1.165, 1.54) is 16.2 Å². The number of thioether (sulfide) groups is 1. The fourth-order valence-electron chi connectivity index (χ4n) is 4.38. The molecule has 164 valence electrons. The van der Waals surface area contributed by atoms with Crippen molar-refractivity contribution in [1.29, 1.82) is 0 Å². The largest absolute Gasteiger partial charge is 0.480 e. The molecule has 1 fully saturated rings. The molecule has 0 aliphatic heterocycles. The maximum absolute atomic E-state index is 10.6. The maximum atomic E-state index is 10.6. The van der Waals surface area contributed by atoms with Crippen molar-refractivity contribution in [3.63, 3.8) is 0 Å². The molecule has 0 radical (unpaired) electrons. The first-order valence-corrected chi connectivity index (χ1v) is 12.8. The molecule has 4 rings (SSSR count). The van der Waals surface area contributed by atoms with Crippen LogP contribution < -0.4 is 0 Å². The molecular weight excluding hydrogens is 428 g/mol. The zero-order chi connectivity index (χ0) is 21.6. The van der Waals surface area contributed by atoms with E-state index in [0.29, 0.717) is 18.4 Å². The van der Waals surface area contributed by atoms with E-state index in [2.05, 4.69) is 52.0 Å². The van der Waals surface area contributed by atoms with Crippen LogP contribution in [0.2, 0.25) is 0 Å². The number of carbonyl (C=O) groups is 1. The molecule has 1 aliphatic carbocycles. The minimum absolute atomic E-state index is 0.197. The number of hydrogen-bond donors (Lipinski definition) is 1. The van der Waals surface area contributed by atoms with Crippen LogP contribution >= 0.6 is 23.1 Å². The van der Waals surface area contributed by atoms with Gasteiger partial charge in [-0.3, -0.25) is 4.68 Å². The number of carboxylic acid groups (broad SMARTS) is 1. The Hall–Kier alpha value is -2.09. The van der Waals surface area contributed by atoms with Crippen LogP contribution in [0.25, 0.3) is 22.4 Å². The third-order valence-corrected chi connectivity index (χ3v) is 7.42. The van der Waals surface area contributed by atoms with E-state index < -0.39 is 5.97 Å². The van der Waals surface area contributed by atoms with E-state index in [4.69, 9.17) is 14.9 Å². The molecule has 3 aromatic rings. The summed E-state index contributed by atoms with van der Waals surface area (Å²) in [5.74, 6) is 0.155. The summed E-state index contributed by atoms with van der Waals surface area (Å²) >= 11 is 3.48. The van der Waals surface area contributed by atoms with Crippen LogP contribution in [-0.4, -0.2) is 40.3 Å². The molecule has 0 atom stereocenters. The molecule has 7 heteroatoms. The zero-order valence-electron chi connectivity index (χ0n) is 17.7. The lowest BCUT2D eigenvalue weighted by molar-refractivity contribution is -0.142. The highest BCUT2D eigenvalue weighted by Crippen LogP contribution is 2.40. The summed E-state index contributed by atoms with van der Waals surface area (Å²) in [7, 11) is 0. The predicted molar refractivity (Wildman–Crippen MR) is 127 cm³/mol. The van der Waals surface area contributed by atoms with Gasteiger partial charge in [-0.05, 0) is 66.2 Å². The lowest BCUT2D eigenvalue weighted by atomic mass is 9.82. The van der Waals surface area contributed by atoms with Gasteiger partial charge in [-0.2, -0.15) is 16.4 Å². The van der Waals surface area contributed by atoms with Crippen molar-refractivity contribution in [2.45, 2.75) is 37.3 Å². The summed E-state index contributed by atoms with van der Waals surface area (Å²) in [5.41, 5.74) is 4.67. The van der Waals surface area contributed by atoms with Gasteiger partial charge in [-0.15, -0.1) is 11.8 Å². The molecule has 0 bridgehead atoms. The van der Waals surface area contributed by atoms with Crippen LogP contribution in [-0.2, 0) is 16.1 Å². The van der Waals surface area contributed by atoms with Crippen molar-refractivity contribution in [3.05, 3.63) is 47.2 Å². The summed E-state index contributed by atoms with van der Waals surface area (Å²) < 4.78 is 7.53. The van der Waals surface area contributed by atoms with Gasteiger partial charge in [0.15, 0.2) is 0 Å². The lowest BCUT2D eigenvalue weighted by Gasteiger charge is -2.28. The number of carboxylic acids is 1. The second-order valence-electron chi connectivity index (χ2n) is 8.09. The summed E-state index contributed by atoms with van der Waals surface area (Å²) in [4.78, 5) is 10.6. The smallest absolute Gasteiger partial charge is 0.329 e. The molecule has 0 saturated heterocycles. The van der Waals surface area contributed by atoms with Gasteiger partial charge in [-0.25, -0.2) is 4.79 Å². The minimum atomic E-state index is -0.896. The van der Waals surface area contributed by atoms with Crippen molar-refractivity contribution < 1.29 is 14.6 Å². The Bertz CT molecular complexity index is 978. The number of benzene rings is 1. The van der Waals surface area contributed by atoms with Crippen LogP contribution in [0, 0.1) is 11.8 Å². The van der Waals surface area contributed by atoms with Gasteiger partial charge < -0.3 is 9.84 Å². The second kappa shape index (κ2) is 10.5. The lowest BCUT2D eigenvalue weighted by Crippen LogP contribution is -2.23. The number of hydrogen-bond acceptors (Lipinski definition) is 5. The molecule has 2 heterocycles. The molecule has 31 heavy (non-hydrogen) atoms. The SMILES string of the molecule is CSc1c(-c2ccsc2)c(-c2ccccc2)nn1C[C@H]1CC[C@@H](COCC(=O)O)CC1. The summed E-state index contributed by atoms with van der Waals surface area (Å²) in [6, 6.07) is 12.6. The quantitative estimate of drug-likeness (QED) is 0.406. The molecule has 1 N–H and O–H groups in total. The summed E-state index contributed by atoms with van der Waals surface area (Å²) in [5, 5.41) is 19.4. The number of rotatable bonds is 9. The van der Waals surface area contributed by atoms with Gasteiger partial charge in [0, 0.05) is 17.7 Å². The average Bonchev–Trinajstić information content (AvgIpc) is 3.43. The highest BCUT2D eigenvalue weighted by atomic mass is 32.2. The maximum Gasteiger partial charge on any atom is 0.329 e. The van der Waals surface area contributed by atoms with Gasteiger partial charge in [0.1, 0.15) is 17.3 Å². The fraction of sp³-hybridized carbons (Fsp3) is 0.417. The highest BCUT2D eigenvalue weighted by molar-refractivity contribution is 7.98. The summed E-state index contributed by atoms with van der Waals surface area (Å²) in [6.07, 6.45) is 6.56. The second-order valence-corrected chi connectivity index (χ2v) is 9.66. The van der Waals surface area contributed by atoms with E-state index in [9.17, 15) is 4.79 Å². The van der Waals surface area contributed by atoms with Crippen molar-refractivity contribution in [2.24, 2.45) is 11.8 Å². The van der Waals surface area contributed by atoms with E-state index in [-0.39, 0.29) is 6.61 Å². The van der Waals surface area contributed by atoms with Crippen molar-refractivity contribution >= 4 is 29.1 Å². The molecule has 2 aromatic heterocycles. The van der Waals surface area contributed by atoms with E-state index in [0.717, 1.165) is 43.5 Å². The van der Waals surface area contributed by atoms with Crippen LogP contribution in [0.3, 0.4) is 0 Å². The van der Waals surface area contributed by atoms with Crippen LogP contribution in [0.15, 0.2) is 52.2 Å². The van der Waals surface area contributed by atoms with Crippen LogP contribution in [0.5, 0.6) is 0 Å². The van der Waals surface area contributed by atoms with E-state index in [1.807, 2.05) is 6.07 Å². The molecule has 0 amide bonds. The molecule has 0 unspecified atom stereocenters. The number of nitrogens with zero attached hydrogens (tertiary/aromatic N) is 2. The molecule has 1 saturated carbocycles. The molecule has 1 aliphatic rings. The Kier molecular flexibility index (Phi) is 7.48. The van der Waals surface area contributed by atoms with Crippen molar-refractivity contribution in [2.75, 3.05) is 19.5 Å². The molecule has 5 nitrogen and oxygen atoms in total. The average molecular weight is 457 g/mol. The van der Waals surface area contributed by atoms with Crippen molar-refractivity contribution in [1.82, 2.24) is 9.78 Å². The van der Waals surface area contributed by atoms with Gasteiger partial charge >= 0.3 is 5.97 Å². The van der Waals surface area contributed by atoms with Crippen LogP contribution in [0.4, 0.5) is 0 Å². The first kappa shape index (κ1) is 22.1. The highest BCUT2D eigenvalue weighted by Gasteiger charge is 2.26. The Morgan fingerprint density at radius 1 is 1.16 bits per heavy atom. The van der Waals surface area contributed by atoms with Gasteiger partial charge in [0.2, 0.25) is 0 Å². The molecular formula is C24H28N2O3S2. The third-order valence-electron chi connectivity index (χ3n) is 5.93. The number of thiophene rings is 1. The zero-order valence-corrected chi connectivity index (χ0v) is 19.3. The normalized spacial score (nSPS) is 18.9. The monoisotopic (exact) mass is 456 g/mol. The Morgan fingerprint density at radius 3 is 2.55 bits per heavy atom. The molecule has 1 aromatic carbocycles. The van der Waals surface area contributed by atoms with Gasteiger partial charge in [0.25, 0.3) is 0 Å². The topological polar surface area (TPSA) is 64.4 Å². The fourth-order valence-corrected chi connectivity index (χ4v) is 5.77. The van der Waals surface area contributed by atoms with E-state index >= 15 is 0 Å². The van der Waals surface area contributed by atoms with Crippen LogP contribution in [0.1, 0.15) is 25.7 Å². The first-order valence-electron chi connectivity index (χ1n) is 10.7. The standard InChI is InChI=1S/C24H28N2O3S2/c1-30-24-22(20-11-12-31-16-20)23(19-5-3-2-4-6-19)25-26(24)13-17-7-9-18(10-8-17)14-29-15-21(27)28/h2-6,11-12,16-18H,7-10,13-15H2,1H3,(H,27,28)/t17-,18+. The number of aromatic nitrogens is 2. The third kappa shape index (κ3) is 5.40. The van der Waals surface area contributed by atoms with Gasteiger partial charge in [0.05, 0.1) is 6.61 Å². The molecule has 0 spiro atoms. The first-order chi connectivity index (χ1) is 15.2. The summed E-state index contributed by atoms with van der Waals surface area (Å²) in [6.45, 7) is 1.28. The van der Waals surface area contributed by atoms with Gasteiger partial charge in [-0.1, -0.05) is 30.3 Å². The Morgan fingerprint density at radius 2 is 1.90 bits per heavy atom. The Labute approximate surface area is 191 Å². The van der Waals surface area contributed by atoms with E-state index in [1.54, 1.807) is 23.1 Å². The Balaban J connectivity index is 1.51. The minimum Gasteiger partial charge on any atom is -0.480 e.